The van der Waals surface area contributed by atoms with Crippen LogP contribution in [0.2, 0.25) is 0 Å². The molecule has 1 aliphatic heterocycles. The summed E-state index contributed by atoms with van der Waals surface area (Å²) in [6.45, 7) is 26.0. The van der Waals surface area contributed by atoms with E-state index in [1.54, 1.807) is 47.0 Å². The van der Waals surface area contributed by atoms with Gasteiger partial charge in [0.15, 0.2) is 0 Å². The Bertz CT molecular complexity index is 2490. The highest BCUT2D eigenvalue weighted by atomic mass is 32.2. The fourth-order valence-electron chi connectivity index (χ4n) is 8.71. The molecule has 3 unspecified atom stereocenters. The molecule has 21 nitrogen and oxygen atoms in total. The number of anilines is 1. The second-order valence-electron chi connectivity index (χ2n) is 23.1. The highest BCUT2D eigenvalue weighted by Gasteiger charge is 2.41. The van der Waals surface area contributed by atoms with Crippen LogP contribution in [0.3, 0.4) is 0 Å². The summed E-state index contributed by atoms with van der Waals surface area (Å²) >= 11 is 1.17. The number of fused-ring (bicyclic) bond motifs is 1. The van der Waals surface area contributed by atoms with Crippen LogP contribution in [0.5, 0.6) is 0 Å². The minimum atomic E-state index is -1.00. The summed E-state index contributed by atoms with van der Waals surface area (Å²) < 4.78 is 2.92. The van der Waals surface area contributed by atoms with E-state index in [9.17, 15) is 43.2 Å². The van der Waals surface area contributed by atoms with Crippen LogP contribution in [0, 0.1) is 10.8 Å². The summed E-state index contributed by atoms with van der Waals surface area (Å²) in [5.41, 5.74) is 7.31. The zero-order valence-corrected chi connectivity index (χ0v) is 53.0. The van der Waals surface area contributed by atoms with Crippen molar-refractivity contribution >= 4 is 70.9 Å². The number of nitrogens with one attached hydrogen (secondary N) is 7. The third-order valence-corrected chi connectivity index (χ3v) is 14.0. The van der Waals surface area contributed by atoms with Gasteiger partial charge >= 0.3 is 6.03 Å². The summed E-state index contributed by atoms with van der Waals surface area (Å²) in [5.74, 6) is 2.42. The van der Waals surface area contributed by atoms with Gasteiger partial charge in [-0.05, 0) is 111 Å². The third kappa shape index (κ3) is 26.2. The van der Waals surface area contributed by atoms with Gasteiger partial charge in [-0.1, -0.05) is 132 Å². The summed E-state index contributed by atoms with van der Waals surface area (Å²) in [4.78, 5) is 121. The van der Waals surface area contributed by atoms with Gasteiger partial charge in [0.05, 0.1) is 19.2 Å². The quantitative estimate of drug-likeness (QED) is 0.0157. The largest absolute Gasteiger partial charge is 0.352 e. The summed E-state index contributed by atoms with van der Waals surface area (Å²) in [6, 6.07) is 10.2. The van der Waals surface area contributed by atoms with Crippen molar-refractivity contribution in [2.24, 2.45) is 22.5 Å². The molecule has 4 rings (SSSR count). The molecule has 464 valence electrons. The maximum atomic E-state index is 13.9. The van der Waals surface area contributed by atoms with Gasteiger partial charge in [-0.15, -0.1) is 0 Å². The van der Waals surface area contributed by atoms with Crippen molar-refractivity contribution in [1.82, 2.24) is 41.1 Å². The Morgan fingerprint density at radius 3 is 1.93 bits per heavy atom. The van der Waals surface area contributed by atoms with Crippen molar-refractivity contribution in [2.45, 2.75) is 183 Å². The molecule has 0 bridgehead atoms. The van der Waals surface area contributed by atoms with Crippen LogP contribution in [0.1, 0.15) is 158 Å². The van der Waals surface area contributed by atoms with Crippen LogP contribution in [0.25, 0.3) is 0 Å². The second kappa shape index (κ2) is 37.6. The number of imide groups is 1. The zero-order chi connectivity index (χ0) is 63.1. The van der Waals surface area contributed by atoms with Crippen molar-refractivity contribution < 1.29 is 48.0 Å². The molecule has 0 aromatic heterocycles. The smallest absolute Gasteiger partial charge is 0.312 e. The molecule has 2 aromatic rings. The van der Waals surface area contributed by atoms with Gasteiger partial charge in [-0.2, -0.15) is 0 Å². The topological polar surface area (TPSA) is 306 Å². The molecule has 2 aliphatic rings. The maximum Gasteiger partial charge on any atom is 0.312 e. The molecule has 1 heterocycles. The number of rotatable bonds is 26. The summed E-state index contributed by atoms with van der Waals surface area (Å²) in [6.07, 6.45) is 11.4. The molecule has 83 heavy (non-hydrogen) atoms. The molecule has 0 saturated carbocycles. The van der Waals surface area contributed by atoms with Crippen LogP contribution < -0.4 is 48.3 Å². The highest BCUT2D eigenvalue weighted by Crippen LogP contribution is 2.35. The number of urea groups is 1. The van der Waals surface area contributed by atoms with Gasteiger partial charge < -0.3 is 47.4 Å². The predicted molar refractivity (Wildman–Crippen MR) is 329 cm³/mol. The van der Waals surface area contributed by atoms with Crippen LogP contribution in [0.4, 0.5) is 10.5 Å². The number of hydrogen-bond acceptors (Lipinski definition) is 13. The van der Waals surface area contributed by atoms with Crippen molar-refractivity contribution in [3.63, 3.8) is 0 Å². The molecule has 0 radical (unpaired) electrons. The van der Waals surface area contributed by atoms with Gasteiger partial charge in [0.25, 0.3) is 17.7 Å². The van der Waals surface area contributed by atoms with Gasteiger partial charge in [0, 0.05) is 66.8 Å². The van der Waals surface area contributed by atoms with Gasteiger partial charge in [-0.3, -0.25) is 48.0 Å². The van der Waals surface area contributed by atoms with E-state index >= 15 is 0 Å². The fourth-order valence-corrected chi connectivity index (χ4v) is 9.56. The van der Waals surface area contributed by atoms with Crippen LogP contribution >= 0.6 is 11.9 Å². The average molecular weight is 1180 g/mol. The molecule has 11 N–H and O–H groups in total. The average Bonchev–Trinajstić information content (AvgIpc) is 3.99. The Labute approximate surface area is 498 Å². The molecule has 0 saturated heterocycles. The number of primary amides is 1. The molecule has 10 amide bonds. The lowest BCUT2D eigenvalue weighted by molar-refractivity contribution is -0.139. The predicted octanol–water partition coefficient (Wildman–Crippen LogP) is 6.64. The number of hydrogen-bond donors (Lipinski definition) is 9. The number of benzene rings is 2. The van der Waals surface area contributed by atoms with Gasteiger partial charge in [0.2, 0.25) is 29.5 Å². The number of carbonyl (C=O) groups excluding carboxylic acids is 9. The van der Waals surface area contributed by atoms with E-state index in [4.69, 9.17) is 11.6 Å². The van der Waals surface area contributed by atoms with Crippen LogP contribution in [0.15, 0.2) is 71.2 Å². The molecular formula is C61H99N11O10S. The molecule has 3 atom stereocenters. The standard InChI is InChI=1S/C48H74N10O8S.C7H9NO2.2C3H8/c1-30(24-26-58(10)44(64)40(46(2,3)4)56-43(63)39(51-9)48(7,8)31-17-12-11-13-18-31)41(61)57-67-36-23-22-34(32-19-14-15-20-33(32)36)55-42(62)35(21-16-25-52-45(49)65)54-38(60)28-53-37(59)27-47(5,6)29-66-50;1-2-5-8-6(9)3-4-7(8)10;2*1-3-2/h11-13,17-18,22-24,35,39-40,51H,14-16,19-21,25-29,50H2,1-10H3,(H,53,59)(H,54,60)(H,55,62)(H,56,63)(H,57,61)(H3,49,52,65);3-4H,2,5H2,1H3;2*3H2,1-2H3/b30-24+;;;. The highest BCUT2D eigenvalue weighted by molar-refractivity contribution is 7.98. The molecular weight excluding hydrogens is 1080 g/mol. The zero-order valence-electron chi connectivity index (χ0n) is 52.2. The molecule has 22 heteroatoms. The normalized spacial score (nSPS) is 14.1. The van der Waals surface area contributed by atoms with E-state index in [0.717, 1.165) is 47.3 Å². The number of nitrogens with zero attached hydrogens (tertiary/aromatic N) is 2. The number of likely N-dealkylation sites (N-methyl/N-ethyl adjacent to an activating group) is 2. The van der Waals surface area contributed by atoms with E-state index in [-0.39, 0.29) is 74.5 Å². The first kappa shape index (κ1) is 74.4. The Morgan fingerprint density at radius 2 is 1.39 bits per heavy atom. The van der Waals surface area contributed by atoms with Gasteiger partial charge in [0.1, 0.15) is 12.1 Å². The van der Waals surface area contributed by atoms with Gasteiger partial charge in [-0.25, -0.2) is 10.7 Å². The minimum Gasteiger partial charge on any atom is -0.352 e. The van der Waals surface area contributed by atoms with Crippen molar-refractivity contribution in [3.05, 3.63) is 83.0 Å². The van der Waals surface area contributed by atoms with E-state index in [1.165, 1.54) is 46.7 Å². The Morgan fingerprint density at radius 1 is 0.795 bits per heavy atom. The fraction of sp³-hybridized carbons (Fsp3) is 0.590. The third-order valence-electron chi connectivity index (χ3n) is 13.1. The molecule has 0 spiro atoms. The number of carbonyl (C=O) groups is 9. The second-order valence-corrected chi connectivity index (χ2v) is 23.9. The van der Waals surface area contributed by atoms with E-state index < -0.39 is 52.2 Å². The van der Waals surface area contributed by atoms with Crippen molar-refractivity contribution in [1.29, 1.82) is 0 Å². The van der Waals surface area contributed by atoms with Crippen molar-refractivity contribution in [2.75, 3.05) is 52.2 Å². The summed E-state index contributed by atoms with van der Waals surface area (Å²) in [5, 5.41) is 16.9. The first-order chi connectivity index (χ1) is 39.0. The SMILES string of the molecule is CCC.CCC.CCCN1C(=O)C=CC1=O.CNC(C(=O)NC(C(=O)N(C)C/C=C(\C)C(=O)NSc1ccc(NC(=O)C(CCCNC(N)=O)NC(=O)CNC(=O)CC(C)(C)CON)c2c1CCCC2)C(C)(C)C)C(C)(C)c1ccccc1. The lowest BCUT2D eigenvalue weighted by atomic mass is 9.76. The summed E-state index contributed by atoms with van der Waals surface area (Å²) in [7, 11) is 3.37. The van der Waals surface area contributed by atoms with Crippen LogP contribution in [-0.4, -0.2) is 128 Å². The minimum absolute atomic E-state index is 0.0637. The first-order valence-electron chi connectivity index (χ1n) is 28.8. The van der Waals surface area contributed by atoms with E-state index in [1.807, 2.05) is 77.9 Å². The van der Waals surface area contributed by atoms with E-state index in [0.29, 0.717) is 30.6 Å². The monoisotopic (exact) mass is 1180 g/mol. The first-order valence-corrected chi connectivity index (χ1v) is 29.6. The lowest BCUT2D eigenvalue weighted by Gasteiger charge is -2.38. The Balaban J connectivity index is 0.00000187. The maximum absolute atomic E-state index is 13.9. The Kier molecular flexibility index (Phi) is 33.7. The molecule has 1 aliphatic carbocycles. The molecule has 0 fully saturated rings. The lowest BCUT2D eigenvalue weighted by Crippen LogP contribution is -2.60. The number of amides is 10. The Hall–Kier alpha value is -6.62. The van der Waals surface area contributed by atoms with Crippen molar-refractivity contribution in [3.8, 4) is 0 Å². The number of nitrogens with two attached hydrogens (primary N) is 2. The van der Waals surface area contributed by atoms with E-state index in [2.05, 4.69) is 69.2 Å². The molecule has 2 aromatic carbocycles. The van der Waals surface area contributed by atoms with Crippen LogP contribution in [-0.2, 0) is 61.5 Å².